The molecule has 7 heteroatoms. The lowest BCUT2D eigenvalue weighted by atomic mass is 10.2. The lowest BCUT2D eigenvalue weighted by Crippen LogP contribution is -2.18. The summed E-state index contributed by atoms with van der Waals surface area (Å²) in [6, 6.07) is 5.42. The number of carbonyl (C=O) groups excluding carboxylic acids is 1. The second-order valence-electron chi connectivity index (χ2n) is 6.38. The molecule has 24 heavy (non-hydrogen) atoms. The number of nitrogens with one attached hydrogen (secondary N) is 1. The predicted molar refractivity (Wildman–Crippen MR) is 90.7 cm³/mol. The van der Waals surface area contributed by atoms with Crippen molar-refractivity contribution in [1.82, 2.24) is 14.6 Å². The maximum Gasteiger partial charge on any atom is 0.260 e. The van der Waals surface area contributed by atoms with E-state index >= 15 is 0 Å². The fourth-order valence-electron chi connectivity index (χ4n) is 2.81. The van der Waals surface area contributed by atoms with E-state index in [1.54, 1.807) is 16.8 Å². The zero-order valence-electron chi connectivity index (χ0n) is 13.9. The van der Waals surface area contributed by atoms with E-state index in [4.69, 9.17) is 4.42 Å². The summed E-state index contributed by atoms with van der Waals surface area (Å²) in [5, 5.41) is 7.32. The summed E-state index contributed by atoms with van der Waals surface area (Å²) in [6.45, 7) is 1.92. The summed E-state index contributed by atoms with van der Waals surface area (Å²) < 4.78 is 7.24. The third-order valence-corrected chi connectivity index (χ3v) is 4.12. The van der Waals surface area contributed by atoms with Gasteiger partial charge in [0, 0.05) is 32.1 Å². The second kappa shape index (κ2) is 5.36. The zero-order valence-corrected chi connectivity index (χ0v) is 13.9. The van der Waals surface area contributed by atoms with Gasteiger partial charge in [0.25, 0.3) is 5.91 Å². The molecule has 0 saturated heterocycles. The number of fused-ring (bicyclic) bond motifs is 1. The lowest BCUT2D eigenvalue weighted by Gasteiger charge is -2.15. The Morgan fingerprint density at radius 2 is 2.17 bits per heavy atom. The third kappa shape index (κ3) is 2.51. The molecule has 0 aromatic carbocycles. The van der Waals surface area contributed by atoms with E-state index in [1.165, 1.54) is 0 Å². The summed E-state index contributed by atoms with van der Waals surface area (Å²) in [5.41, 5.74) is 2.17. The normalized spacial score (nSPS) is 14.1. The first-order valence-corrected chi connectivity index (χ1v) is 7.96. The lowest BCUT2D eigenvalue weighted by molar-refractivity contribution is 0.102. The number of hydrogen-bond acceptors (Lipinski definition) is 5. The standard InChI is InChI=1S/C17H19N5O2/c1-10-8-14-18-13(9-15(21(2)3)22(14)20-10)19-17(23)12-6-7-24-16(12)11-4-5-11/h6-9,11H,4-5H2,1-3H3,(H,18,19,23). The highest BCUT2D eigenvalue weighted by Crippen LogP contribution is 2.42. The quantitative estimate of drug-likeness (QED) is 0.798. The molecule has 1 N–H and O–H groups in total. The molecular formula is C17H19N5O2. The number of anilines is 2. The summed E-state index contributed by atoms with van der Waals surface area (Å²) in [6.07, 6.45) is 3.74. The van der Waals surface area contributed by atoms with Gasteiger partial charge in [0.15, 0.2) is 5.65 Å². The third-order valence-electron chi connectivity index (χ3n) is 4.12. The Labute approximate surface area is 139 Å². The number of aryl methyl sites for hydroxylation is 1. The molecule has 124 valence electrons. The first kappa shape index (κ1) is 14.7. The second-order valence-corrected chi connectivity index (χ2v) is 6.38. The van der Waals surface area contributed by atoms with Crippen LogP contribution in [0.15, 0.2) is 28.9 Å². The van der Waals surface area contributed by atoms with Gasteiger partial charge in [-0.3, -0.25) is 4.79 Å². The molecule has 0 bridgehead atoms. The van der Waals surface area contributed by atoms with Crippen molar-refractivity contribution in [2.45, 2.75) is 25.7 Å². The van der Waals surface area contributed by atoms with Crippen molar-refractivity contribution in [3.8, 4) is 0 Å². The molecule has 0 aliphatic heterocycles. The molecule has 3 aromatic heterocycles. The number of furan rings is 1. The Bertz CT molecular complexity index is 920. The SMILES string of the molecule is Cc1cc2nc(NC(=O)c3ccoc3C3CC3)cc(N(C)C)n2n1. The van der Waals surface area contributed by atoms with Gasteiger partial charge < -0.3 is 14.6 Å². The molecule has 3 heterocycles. The van der Waals surface area contributed by atoms with Gasteiger partial charge in [0.05, 0.1) is 17.5 Å². The Hall–Kier alpha value is -2.83. The average molecular weight is 325 g/mol. The van der Waals surface area contributed by atoms with Crippen LogP contribution in [0.25, 0.3) is 5.65 Å². The van der Waals surface area contributed by atoms with Crippen molar-refractivity contribution in [2.24, 2.45) is 0 Å². The number of carbonyl (C=O) groups is 1. The molecular weight excluding hydrogens is 306 g/mol. The number of amides is 1. The molecule has 0 unspecified atom stereocenters. The molecule has 1 fully saturated rings. The van der Waals surface area contributed by atoms with Gasteiger partial charge in [-0.05, 0) is 25.8 Å². The molecule has 1 saturated carbocycles. The molecule has 3 aromatic rings. The van der Waals surface area contributed by atoms with Crippen molar-refractivity contribution in [1.29, 1.82) is 0 Å². The monoisotopic (exact) mass is 325 g/mol. The van der Waals surface area contributed by atoms with Crippen molar-refractivity contribution in [3.63, 3.8) is 0 Å². The van der Waals surface area contributed by atoms with Crippen molar-refractivity contribution >= 4 is 23.2 Å². The Morgan fingerprint density at radius 1 is 1.38 bits per heavy atom. The summed E-state index contributed by atoms with van der Waals surface area (Å²) in [7, 11) is 3.86. The van der Waals surface area contributed by atoms with E-state index in [0.717, 1.165) is 30.1 Å². The van der Waals surface area contributed by atoms with E-state index in [-0.39, 0.29) is 5.91 Å². The number of rotatable bonds is 4. The molecule has 4 rings (SSSR count). The van der Waals surface area contributed by atoms with Crippen LogP contribution < -0.4 is 10.2 Å². The van der Waals surface area contributed by atoms with E-state index in [0.29, 0.717) is 22.9 Å². The smallest absolute Gasteiger partial charge is 0.260 e. The highest BCUT2D eigenvalue weighted by atomic mass is 16.3. The van der Waals surface area contributed by atoms with Crippen LogP contribution in [0.5, 0.6) is 0 Å². The van der Waals surface area contributed by atoms with Crippen LogP contribution in [0.2, 0.25) is 0 Å². The Kier molecular flexibility index (Phi) is 3.30. The van der Waals surface area contributed by atoms with Crippen LogP contribution in [0, 0.1) is 6.92 Å². The van der Waals surface area contributed by atoms with Gasteiger partial charge in [0.1, 0.15) is 17.4 Å². The molecule has 7 nitrogen and oxygen atoms in total. The molecule has 0 atom stereocenters. The van der Waals surface area contributed by atoms with Crippen molar-refractivity contribution in [2.75, 3.05) is 24.3 Å². The first-order chi connectivity index (χ1) is 11.5. The highest BCUT2D eigenvalue weighted by molar-refractivity contribution is 6.04. The van der Waals surface area contributed by atoms with E-state index in [1.807, 2.05) is 38.1 Å². The zero-order chi connectivity index (χ0) is 16.8. The van der Waals surface area contributed by atoms with Crippen molar-refractivity contribution in [3.05, 3.63) is 41.5 Å². The Morgan fingerprint density at radius 3 is 2.88 bits per heavy atom. The molecule has 0 radical (unpaired) electrons. The maximum absolute atomic E-state index is 12.6. The van der Waals surface area contributed by atoms with Crippen LogP contribution in [0.3, 0.4) is 0 Å². The fourth-order valence-corrected chi connectivity index (χ4v) is 2.81. The first-order valence-electron chi connectivity index (χ1n) is 7.96. The van der Waals surface area contributed by atoms with Crippen LogP contribution in [-0.2, 0) is 0 Å². The van der Waals surface area contributed by atoms with Crippen LogP contribution in [0.4, 0.5) is 11.6 Å². The molecule has 0 spiro atoms. The average Bonchev–Trinajstić information content (AvgIpc) is 3.12. The number of nitrogens with zero attached hydrogens (tertiary/aromatic N) is 4. The highest BCUT2D eigenvalue weighted by Gasteiger charge is 2.31. The minimum atomic E-state index is -0.191. The van der Waals surface area contributed by atoms with Gasteiger partial charge in [-0.15, -0.1) is 0 Å². The summed E-state index contributed by atoms with van der Waals surface area (Å²) >= 11 is 0. The van der Waals surface area contributed by atoms with Gasteiger partial charge in [-0.2, -0.15) is 9.61 Å². The maximum atomic E-state index is 12.6. The minimum Gasteiger partial charge on any atom is -0.468 e. The fraction of sp³-hybridized carbons (Fsp3) is 0.353. The summed E-state index contributed by atoms with van der Waals surface area (Å²) in [5.74, 6) is 2.31. The van der Waals surface area contributed by atoms with Gasteiger partial charge >= 0.3 is 0 Å². The predicted octanol–water partition coefficient (Wildman–Crippen LogP) is 2.83. The largest absolute Gasteiger partial charge is 0.468 e. The number of aromatic nitrogens is 3. The molecule has 1 aliphatic carbocycles. The molecule has 1 aliphatic rings. The molecule has 1 amide bonds. The van der Waals surface area contributed by atoms with Gasteiger partial charge in [-0.25, -0.2) is 4.98 Å². The van der Waals surface area contributed by atoms with E-state index in [9.17, 15) is 4.79 Å². The summed E-state index contributed by atoms with van der Waals surface area (Å²) in [4.78, 5) is 19.0. The van der Waals surface area contributed by atoms with Gasteiger partial charge in [0.2, 0.25) is 0 Å². The van der Waals surface area contributed by atoms with Crippen LogP contribution in [-0.4, -0.2) is 34.6 Å². The van der Waals surface area contributed by atoms with Crippen molar-refractivity contribution < 1.29 is 9.21 Å². The van der Waals surface area contributed by atoms with Gasteiger partial charge in [-0.1, -0.05) is 0 Å². The van der Waals surface area contributed by atoms with Crippen LogP contribution in [0.1, 0.15) is 40.6 Å². The topological polar surface area (TPSA) is 75.7 Å². The Balaban J connectivity index is 1.68. The van der Waals surface area contributed by atoms with Crippen LogP contribution >= 0.6 is 0 Å². The van der Waals surface area contributed by atoms with E-state index < -0.39 is 0 Å². The van der Waals surface area contributed by atoms with E-state index in [2.05, 4.69) is 15.4 Å². The minimum absolute atomic E-state index is 0.191. The number of hydrogen-bond donors (Lipinski definition) is 1.